The number of nitrogens with one attached hydrogen (secondary N) is 2. The number of aromatic amines is 1. The topological polar surface area (TPSA) is 93.0 Å². The van der Waals surface area contributed by atoms with Crippen LogP contribution in [0.25, 0.3) is 10.9 Å². The number of fused-ring (bicyclic) bond motifs is 1. The Labute approximate surface area is 116 Å². The quantitative estimate of drug-likeness (QED) is 0.734. The van der Waals surface area contributed by atoms with Gasteiger partial charge in [-0.1, -0.05) is 0 Å². The third kappa shape index (κ3) is 2.60. The predicted octanol–water partition coefficient (Wildman–Crippen LogP) is 1.34. The molecule has 1 aliphatic rings. The summed E-state index contributed by atoms with van der Waals surface area (Å²) in [5, 5.41) is 3.88. The Kier molecular flexibility index (Phi) is 3.56. The highest BCUT2D eigenvalue weighted by molar-refractivity contribution is 5.88. The predicted molar refractivity (Wildman–Crippen MR) is 78.8 cm³/mol. The molecule has 3 rings (SSSR count). The molecule has 0 atom stereocenters. The number of nitrogen functional groups attached to an aromatic ring is 1. The summed E-state index contributed by atoms with van der Waals surface area (Å²) in [7, 11) is 0. The average molecular weight is 274 g/mol. The lowest BCUT2D eigenvalue weighted by atomic mass is 10.0. The lowest BCUT2D eigenvalue weighted by molar-refractivity contribution is 0.0699. The van der Waals surface area contributed by atoms with Crippen molar-refractivity contribution in [3.05, 3.63) is 28.8 Å². The molecule has 1 fully saturated rings. The molecule has 0 spiro atoms. The van der Waals surface area contributed by atoms with Crippen LogP contribution in [0.1, 0.15) is 12.8 Å². The summed E-state index contributed by atoms with van der Waals surface area (Å²) < 4.78 is 5.35. The molecule has 2 aromatic rings. The molecule has 6 heteroatoms. The van der Waals surface area contributed by atoms with Crippen LogP contribution in [0.2, 0.25) is 0 Å². The van der Waals surface area contributed by atoms with Crippen molar-refractivity contribution in [2.45, 2.75) is 12.8 Å². The molecule has 20 heavy (non-hydrogen) atoms. The summed E-state index contributed by atoms with van der Waals surface area (Å²) in [4.78, 5) is 18.4. The van der Waals surface area contributed by atoms with E-state index in [4.69, 9.17) is 10.5 Å². The van der Waals surface area contributed by atoms with E-state index in [0.29, 0.717) is 22.5 Å². The van der Waals surface area contributed by atoms with Gasteiger partial charge in [0, 0.05) is 19.8 Å². The van der Waals surface area contributed by atoms with Crippen molar-refractivity contribution in [2.75, 3.05) is 30.8 Å². The first-order chi connectivity index (χ1) is 9.74. The molecule has 1 aliphatic heterocycles. The van der Waals surface area contributed by atoms with Gasteiger partial charge in [0.15, 0.2) is 0 Å². The monoisotopic (exact) mass is 274 g/mol. The van der Waals surface area contributed by atoms with E-state index in [0.717, 1.165) is 38.3 Å². The molecule has 0 radical (unpaired) electrons. The van der Waals surface area contributed by atoms with E-state index in [1.54, 1.807) is 6.07 Å². The molecule has 0 aliphatic carbocycles. The number of ether oxygens (including phenoxy) is 1. The Hall–Kier alpha value is -2.08. The number of hydrogen-bond donors (Lipinski definition) is 3. The molecule has 2 heterocycles. The third-order valence-corrected chi connectivity index (χ3v) is 3.73. The van der Waals surface area contributed by atoms with E-state index in [2.05, 4.69) is 15.3 Å². The van der Waals surface area contributed by atoms with Crippen molar-refractivity contribution < 1.29 is 4.74 Å². The Morgan fingerprint density at radius 2 is 2.20 bits per heavy atom. The molecule has 6 nitrogen and oxygen atoms in total. The number of hydrogen-bond acceptors (Lipinski definition) is 5. The fraction of sp³-hybridized carbons (Fsp3) is 0.429. The van der Waals surface area contributed by atoms with E-state index in [9.17, 15) is 4.79 Å². The smallest absolute Gasteiger partial charge is 0.258 e. The van der Waals surface area contributed by atoms with Gasteiger partial charge in [-0.2, -0.15) is 0 Å². The number of nitrogens with two attached hydrogens (primary N) is 1. The molecule has 1 aromatic carbocycles. The molecule has 0 bridgehead atoms. The van der Waals surface area contributed by atoms with Crippen molar-refractivity contribution in [2.24, 2.45) is 5.92 Å². The van der Waals surface area contributed by atoms with Crippen LogP contribution in [-0.2, 0) is 4.74 Å². The van der Waals surface area contributed by atoms with E-state index >= 15 is 0 Å². The van der Waals surface area contributed by atoms with Gasteiger partial charge in [0.1, 0.15) is 0 Å². The molecule has 0 unspecified atom stereocenters. The van der Waals surface area contributed by atoms with Gasteiger partial charge in [-0.15, -0.1) is 0 Å². The highest BCUT2D eigenvalue weighted by atomic mass is 16.5. The van der Waals surface area contributed by atoms with E-state index < -0.39 is 0 Å². The second-order valence-corrected chi connectivity index (χ2v) is 5.12. The number of benzene rings is 1. The molecule has 4 N–H and O–H groups in total. The zero-order valence-corrected chi connectivity index (χ0v) is 11.2. The molecule has 0 saturated carbocycles. The van der Waals surface area contributed by atoms with Crippen molar-refractivity contribution in [1.29, 1.82) is 0 Å². The summed E-state index contributed by atoms with van der Waals surface area (Å²) in [6, 6.07) is 3.51. The summed E-state index contributed by atoms with van der Waals surface area (Å²) in [6.07, 6.45) is 3.54. The van der Waals surface area contributed by atoms with Crippen molar-refractivity contribution in [1.82, 2.24) is 9.97 Å². The highest BCUT2D eigenvalue weighted by Gasteiger charge is 2.14. The van der Waals surface area contributed by atoms with Crippen LogP contribution in [0.15, 0.2) is 23.3 Å². The maximum atomic E-state index is 11.7. The molecule has 0 amide bonds. The number of H-pyrrole nitrogens is 1. The van der Waals surface area contributed by atoms with Crippen LogP contribution in [0.5, 0.6) is 0 Å². The Morgan fingerprint density at radius 1 is 1.40 bits per heavy atom. The summed E-state index contributed by atoms with van der Waals surface area (Å²) >= 11 is 0. The fourth-order valence-corrected chi connectivity index (χ4v) is 2.49. The van der Waals surface area contributed by atoms with Gasteiger partial charge in [-0.25, -0.2) is 4.98 Å². The van der Waals surface area contributed by atoms with Gasteiger partial charge in [-0.3, -0.25) is 4.79 Å². The standard InChI is InChI=1S/C14H18N4O2/c15-11-5-10-12(17-8-18-14(10)19)6-13(11)16-7-9-1-3-20-4-2-9/h5-6,8-9,16H,1-4,7,15H2,(H,17,18,19). The first-order valence-electron chi connectivity index (χ1n) is 6.82. The van der Waals surface area contributed by atoms with Gasteiger partial charge in [-0.05, 0) is 30.9 Å². The molecular formula is C14H18N4O2. The van der Waals surface area contributed by atoms with E-state index in [1.807, 2.05) is 6.07 Å². The fourth-order valence-electron chi connectivity index (χ4n) is 2.49. The van der Waals surface area contributed by atoms with Crippen LogP contribution < -0.4 is 16.6 Å². The summed E-state index contributed by atoms with van der Waals surface area (Å²) in [6.45, 7) is 2.52. The van der Waals surface area contributed by atoms with Crippen LogP contribution >= 0.6 is 0 Å². The van der Waals surface area contributed by atoms with Gasteiger partial charge in [0.05, 0.1) is 28.6 Å². The first-order valence-corrected chi connectivity index (χ1v) is 6.82. The highest BCUT2D eigenvalue weighted by Crippen LogP contribution is 2.24. The minimum Gasteiger partial charge on any atom is -0.397 e. The van der Waals surface area contributed by atoms with Crippen molar-refractivity contribution in [3.8, 4) is 0 Å². The van der Waals surface area contributed by atoms with Crippen LogP contribution in [-0.4, -0.2) is 29.7 Å². The number of aromatic nitrogens is 2. The SMILES string of the molecule is Nc1cc2c(=O)[nH]cnc2cc1NCC1CCOCC1. The number of nitrogens with zero attached hydrogens (tertiary/aromatic N) is 1. The number of rotatable bonds is 3. The van der Waals surface area contributed by atoms with Gasteiger partial charge in [0.2, 0.25) is 0 Å². The van der Waals surface area contributed by atoms with Crippen LogP contribution in [0.3, 0.4) is 0 Å². The average Bonchev–Trinajstić information content (AvgIpc) is 2.47. The largest absolute Gasteiger partial charge is 0.397 e. The van der Waals surface area contributed by atoms with Crippen LogP contribution in [0.4, 0.5) is 11.4 Å². The van der Waals surface area contributed by atoms with Gasteiger partial charge < -0.3 is 20.8 Å². The summed E-state index contributed by atoms with van der Waals surface area (Å²) in [5.41, 5.74) is 7.89. The molecule has 1 aromatic heterocycles. The van der Waals surface area contributed by atoms with Crippen LogP contribution in [0, 0.1) is 5.92 Å². The second kappa shape index (κ2) is 5.50. The maximum absolute atomic E-state index is 11.7. The third-order valence-electron chi connectivity index (χ3n) is 3.73. The Bertz CT molecular complexity index is 662. The van der Waals surface area contributed by atoms with E-state index in [1.165, 1.54) is 6.33 Å². The Morgan fingerprint density at radius 3 is 3.00 bits per heavy atom. The zero-order chi connectivity index (χ0) is 13.9. The Balaban J connectivity index is 1.80. The zero-order valence-electron chi connectivity index (χ0n) is 11.2. The lowest BCUT2D eigenvalue weighted by Gasteiger charge is -2.23. The minimum absolute atomic E-state index is 0.169. The van der Waals surface area contributed by atoms with Crippen molar-refractivity contribution in [3.63, 3.8) is 0 Å². The second-order valence-electron chi connectivity index (χ2n) is 5.12. The molecule has 106 valence electrons. The first kappa shape index (κ1) is 12.9. The normalized spacial score (nSPS) is 16.4. The van der Waals surface area contributed by atoms with E-state index in [-0.39, 0.29) is 5.56 Å². The number of anilines is 2. The van der Waals surface area contributed by atoms with Gasteiger partial charge in [0.25, 0.3) is 5.56 Å². The van der Waals surface area contributed by atoms with Crippen molar-refractivity contribution >= 4 is 22.3 Å². The molecular weight excluding hydrogens is 256 g/mol. The lowest BCUT2D eigenvalue weighted by Crippen LogP contribution is -2.23. The van der Waals surface area contributed by atoms with Gasteiger partial charge >= 0.3 is 0 Å². The molecule has 1 saturated heterocycles. The maximum Gasteiger partial charge on any atom is 0.258 e. The summed E-state index contributed by atoms with van der Waals surface area (Å²) in [5.74, 6) is 0.603. The minimum atomic E-state index is -0.169.